The Labute approximate surface area is 102 Å². The summed E-state index contributed by atoms with van der Waals surface area (Å²) in [5.74, 6) is 0.969. The summed E-state index contributed by atoms with van der Waals surface area (Å²) in [5, 5.41) is 12.3. The van der Waals surface area contributed by atoms with Crippen LogP contribution in [0, 0.1) is 19.3 Å². The number of carboxylic acids is 1. The lowest BCUT2D eigenvalue weighted by Crippen LogP contribution is -2.37. The Morgan fingerprint density at radius 2 is 2.12 bits per heavy atom. The molecule has 0 aliphatic heterocycles. The van der Waals surface area contributed by atoms with Crippen molar-refractivity contribution >= 4 is 5.97 Å². The Bertz CT molecular complexity index is 407. The van der Waals surface area contributed by atoms with E-state index in [2.05, 4.69) is 5.32 Å². The summed E-state index contributed by atoms with van der Waals surface area (Å²) in [6, 6.07) is 2.08. The van der Waals surface area contributed by atoms with E-state index in [4.69, 9.17) is 9.52 Å². The lowest BCUT2D eigenvalue weighted by molar-refractivity contribution is -0.146. The molecule has 0 aromatic carbocycles. The van der Waals surface area contributed by atoms with Gasteiger partial charge < -0.3 is 14.8 Å². The average Bonchev–Trinajstić information content (AvgIpc) is 2.54. The Hall–Kier alpha value is -1.29. The first-order valence-electron chi connectivity index (χ1n) is 5.78. The number of hydrogen-bond donors (Lipinski definition) is 2. The molecule has 0 aliphatic carbocycles. The minimum Gasteiger partial charge on any atom is -0.481 e. The summed E-state index contributed by atoms with van der Waals surface area (Å²) < 4.78 is 5.46. The van der Waals surface area contributed by atoms with Crippen LogP contribution >= 0.6 is 0 Å². The van der Waals surface area contributed by atoms with E-state index in [1.807, 2.05) is 26.8 Å². The van der Waals surface area contributed by atoms with Gasteiger partial charge in [0.2, 0.25) is 0 Å². The Balaban J connectivity index is 2.65. The van der Waals surface area contributed by atoms with Gasteiger partial charge in [0, 0.05) is 18.2 Å². The van der Waals surface area contributed by atoms with Crippen LogP contribution in [0.25, 0.3) is 0 Å². The van der Waals surface area contributed by atoms with E-state index in [1.165, 1.54) is 0 Å². The van der Waals surface area contributed by atoms with Crippen molar-refractivity contribution < 1.29 is 14.3 Å². The van der Waals surface area contributed by atoms with Crippen LogP contribution < -0.4 is 5.32 Å². The van der Waals surface area contributed by atoms with Crippen LogP contribution in [-0.4, -0.2) is 17.6 Å². The van der Waals surface area contributed by atoms with Crippen LogP contribution in [0.3, 0.4) is 0 Å². The molecule has 17 heavy (non-hydrogen) atoms. The molecule has 1 atom stereocenters. The molecule has 0 fully saturated rings. The smallest absolute Gasteiger partial charge is 0.310 e. The molecule has 1 unspecified atom stereocenters. The quantitative estimate of drug-likeness (QED) is 0.829. The molecular formula is C13H21NO3. The zero-order valence-electron chi connectivity index (χ0n) is 11.1. The maximum atomic E-state index is 11.0. The zero-order chi connectivity index (χ0) is 13.2. The molecule has 1 aromatic heterocycles. The highest BCUT2D eigenvalue weighted by atomic mass is 16.4. The first-order chi connectivity index (χ1) is 7.74. The van der Waals surface area contributed by atoms with E-state index in [-0.39, 0.29) is 6.04 Å². The first kappa shape index (κ1) is 13.8. The van der Waals surface area contributed by atoms with E-state index < -0.39 is 11.4 Å². The number of rotatable bonds is 5. The molecule has 0 radical (unpaired) electrons. The number of carbonyl (C=O) groups is 1. The fraction of sp³-hybridized carbons (Fsp3) is 0.615. The third kappa shape index (κ3) is 3.33. The summed E-state index contributed by atoms with van der Waals surface area (Å²) >= 11 is 0. The van der Waals surface area contributed by atoms with Gasteiger partial charge in [0.15, 0.2) is 0 Å². The van der Waals surface area contributed by atoms with Crippen molar-refractivity contribution in [3.8, 4) is 0 Å². The van der Waals surface area contributed by atoms with Gasteiger partial charge in [-0.15, -0.1) is 0 Å². The highest BCUT2D eigenvalue weighted by molar-refractivity contribution is 5.73. The highest BCUT2D eigenvalue weighted by Crippen LogP contribution is 2.22. The molecule has 0 saturated heterocycles. The Morgan fingerprint density at radius 3 is 2.53 bits per heavy atom. The van der Waals surface area contributed by atoms with Gasteiger partial charge in [0.25, 0.3) is 0 Å². The molecule has 0 saturated carbocycles. The van der Waals surface area contributed by atoms with Crippen molar-refractivity contribution in [1.29, 1.82) is 0 Å². The SMILES string of the molecule is Cc1cc(C(C)NCC(C)(C)C(=O)O)c(C)o1. The Morgan fingerprint density at radius 1 is 1.53 bits per heavy atom. The lowest BCUT2D eigenvalue weighted by Gasteiger charge is -2.22. The predicted molar refractivity (Wildman–Crippen MR) is 66.0 cm³/mol. The van der Waals surface area contributed by atoms with Crippen LogP contribution in [0.4, 0.5) is 0 Å². The van der Waals surface area contributed by atoms with Crippen molar-refractivity contribution in [3.05, 3.63) is 23.2 Å². The maximum absolute atomic E-state index is 11.0. The van der Waals surface area contributed by atoms with Crippen molar-refractivity contribution in [2.45, 2.75) is 40.7 Å². The van der Waals surface area contributed by atoms with Crippen LogP contribution in [0.15, 0.2) is 10.5 Å². The molecular weight excluding hydrogens is 218 g/mol. The van der Waals surface area contributed by atoms with Crippen LogP contribution in [-0.2, 0) is 4.79 Å². The number of hydrogen-bond acceptors (Lipinski definition) is 3. The van der Waals surface area contributed by atoms with Crippen molar-refractivity contribution in [2.24, 2.45) is 5.41 Å². The molecule has 0 spiro atoms. The normalized spacial score (nSPS) is 13.7. The number of aliphatic carboxylic acids is 1. The van der Waals surface area contributed by atoms with Gasteiger partial charge in [0.1, 0.15) is 11.5 Å². The molecule has 4 nitrogen and oxygen atoms in total. The molecule has 1 rings (SSSR count). The van der Waals surface area contributed by atoms with Crippen molar-refractivity contribution in [1.82, 2.24) is 5.32 Å². The fourth-order valence-corrected chi connectivity index (χ4v) is 1.67. The third-order valence-corrected chi connectivity index (χ3v) is 2.98. The fourth-order valence-electron chi connectivity index (χ4n) is 1.67. The van der Waals surface area contributed by atoms with Gasteiger partial charge in [0.05, 0.1) is 5.41 Å². The van der Waals surface area contributed by atoms with Crippen LogP contribution in [0.2, 0.25) is 0 Å². The maximum Gasteiger partial charge on any atom is 0.310 e. The molecule has 1 heterocycles. The Kier molecular flexibility index (Phi) is 3.98. The van der Waals surface area contributed by atoms with Crippen LogP contribution in [0.5, 0.6) is 0 Å². The number of carboxylic acid groups (broad SMARTS) is 1. The molecule has 0 amide bonds. The minimum absolute atomic E-state index is 0.0890. The molecule has 0 aliphatic rings. The van der Waals surface area contributed by atoms with Gasteiger partial charge in [-0.05, 0) is 40.7 Å². The van der Waals surface area contributed by atoms with Crippen LogP contribution in [0.1, 0.15) is 43.9 Å². The van der Waals surface area contributed by atoms with Gasteiger partial charge in [-0.2, -0.15) is 0 Å². The zero-order valence-corrected chi connectivity index (χ0v) is 11.1. The topological polar surface area (TPSA) is 62.5 Å². The second-order valence-electron chi connectivity index (χ2n) is 5.16. The molecule has 2 N–H and O–H groups in total. The summed E-state index contributed by atoms with van der Waals surface area (Å²) in [6.45, 7) is 9.68. The second-order valence-corrected chi connectivity index (χ2v) is 5.16. The van der Waals surface area contributed by atoms with E-state index in [0.717, 1.165) is 17.1 Å². The monoisotopic (exact) mass is 239 g/mol. The number of aryl methyl sites for hydroxylation is 2. The van der Waals surface area contributed by atoms with Gasteiger partial charge in [-0.3, -0.25) is 4.79 Å². The second kappa shape index (κ2) is 4.92. The lowest BCUT2D eigenvalue weighted by atomic mass is 9.93. The number of furan rings is 1. The van der Waals surface area contributed by atoms with Crippen molar-refractivity contribution in [2.75, 3.05) is 6.54 Å². The first-order valence-corrected chi connectivity index (χ1v) is 5.78. The largest absolute Gasteiger partial charge is 0.481 e. The summed E-state index contributed by atoms with van der Waals surface area (Å²) in [7, 11) is 0. The summed E-state index contributed by atoms with van der Waals surface area (Å²) in [6.07, 6.45) is 0. The highest BCUT2D eigenvalue weighted by Gasteiger charge is 2.27. The molecule has 4 heteroatoms. The minimum atomic E-state index is -0.794. The van der Waals surface area contributed by atoms with Gasteiger partial charge >= 0.3 is 5.97 Å². The van der Waals surface area contributed by atoms with E-state index in [9.17, 15) is 4.79 Å². The molecule has 0 bridgehead atoms. The molecule has 96 valence electrons. The van der Waals surface area contributed by atoms with Gasteiger partial charge in [-0.25, -0.2) is 0 Å². The van der Waals surface area contributed by atoms with Crippen molar-refractivity contribution in [3.63, 3.8) is 0 Å². The third-order valence-electron chi connectivity index (χ3n) is 2.98. The van der Waals surface area contributed by atoms with E-state index in [1.54, 1.807) is 13.8 Å². The summed E-state index contributed by atoms with van der Waals surface area (Å²) in [5.41, 5.74) is 0.324. The van der Waals surface area contributed by atoms with E-state index in [0.29, 0.717) is 6.54 Å². The predicted octanol–water partition coefficient (Wildman–Crippen LogP) is 2.66. The average molecular weight is 239 g/mol. The van der Waals surface area contributed by atoms with E-state index >= 15 is 0 Å². The van der Waals surface area contributed by atoms with Gasteiger partial charge in [-0.1, -0.05) is 0 Å². The summed E-state index contributed by atoms with van der Waals surface area (Å²) in [4.78, 5) is 11.0. The molecule has 1 aromatic rings. The number of nitrogens with one attached hydrogen (secondary N) is 1. The standard InChI is InChI=1S/C13H21NO3/c1-8-6-11(10(3)17-8)9(2)14-7-13(4,5)12(15)16/h6,9,14H,7H2,1-5H3,(H,15,16).